The second kappa shape index (κ2) is 5.31. The van der Waals surface area contributed by atoms with Gasteiger partial charge in [-0.05, 0) is 61.8 Å². The molecule has 0 heterocycles. The van der Waals surface area contributed by atoms with E-state index in [4.69, 9.17) is 4.74 Å². The molecule has 0 spiro atoms. The Morgan fingerprint density at radius 3 is 2.61 bits per heavy atom. The lowest BCUT2D eigenvalue weighted by Crippen LogP contribution is -2.35. The van der Waals surface area contributed by atoms with E-state index >= 15 is 0 Å². The molecule has 1 N–H and O–H groups in total. The molecule has 1 aromatic rings. The minimum absolute atomic E-state index is 0.807. The molecule has 3 atom stereocenters. The summed E-state index contributed by atoms with van der Waals surface area (Å²) in [5.41, 5.74) is 1.39. The van der Waals surface area contributed by atoms with Crippen LogP contribution in [0.1, 0.15) is 31.2 Å². The molecule has 0 amide bonds. The van der Waals surface area contributed by atoms with E-state index in [1.54, 1.807) is 7.11 Å². The molecule has 0 aromatic heterocycles. The highest BCUT2D eigenvalue weighted by atomic mass is 16.5. The van der Waals surface area contributed by atoms with Crippen LogP contribution < -0.4 is 10.1 Å². The Kier molecular flexibility index (Phi) is 3.55. The first-order valence-corrected chi connectivity index (χ1v) is 7.21. The molecule has 2 aliphatic carbocycles. The Hall–Kier alpha value is -1.02. The highest BCUT2D eigenvalue weighted by molar-refractivity contribution is 5.27. The van der Waals surface area contributed by atoms with Crippen molar-refractivity contribution in [2.24, 2.45) is 11.8 Å². The van der Waals surface area contributed by atoms with E-state index in [1.807, 2.05) is 12.1 Å². The van der Waals surface area contributed by atoms with Crippen LogP contribution >= 0.6 is 0 Å². The Morgan fingerprint density at radius 1 is 1.17 bits per heavy atom. The SMILES string of the molecule is COc1ccc(CCN[C@H]2C[C@@H]3CC[C@@H]2C3)cc1. The maximum Gasteiger partial charge on any atom is 0.118 e. The number of hydrogen-bond acceptors (Lipinski definition) is 2. The first-order valence-electron chi connectivity index (χ1n) is 7.21. The molecular formula is C16H23NO. The standard InChI is InChI=1S/C16H23NO/c1-18-15-6-3-12(4-7-15)8-9-17-16-11-13-2-5-14(16)10-13/h3-4,6-7,13-14,16-17H,2,5,8-11H2,1H3/t13-,14-,16+/m1/s1. The topological polar surface area (TPSA) is 21.3 Å². The van der Waals surface area contributed by atoms with Crippen LogP contribution in [0.15, 0.2) is 24.3 Å². The van der Waals surface area contributed by atoms with E-state index in [1.165, 1.54) is 31.2 Å². The van der Waals surface area contributed by atoms with Crippen molar-refractivity contribution in [3.05, 3.63) is 29.8 Å². The molecule has 3 rings (SSSR count). The third-order valence-electron chi connectivity index (χ3n) is 4.72. The van der Waals surface area contributed by atoms with Crippen LogP contribution in [0.5, 0.6) is 5.75 Å². The van der Waals surface area contributed by atoms with E-state index < -0.39 is 0 Å². The summed E-state index contributed by atoms with van der Waals surface area (Å²) in [6, 6.07) is 9.24. The number of benzene rings is 1. The first-order chi connectivity index (χ1) is 8.85. The molecule has 1 aromatic carbocycles. The van der Waals surface area contributed by atoms with Crippen molar-refractivity contribution in [1.82, 2.24) is 5.32 Å². The van der Waals surface area contributed by atoms with Crippen molar-refractivity contribution in [2.75, 3.05) is 13.7 Å². The van der Waals surface area contributed by atoms with Gasteiger partial charge < -0.3 is 10.1 Å². The van der Waals surface area contributed by atoms with E-state index in [9.17, 15) is 0 Å². The minimum Gasteiger partial charge on any atom is -0.497 e. The van der Waals surface area contributed by atoms with Crippen molar-refractivity contribution in [2.45, 2.75) is 38.1 Å². The van der Waals surface area contributed by atoms with Gasteiger partial charge in [0.1, 0.15) is 5.75 Å². The van der Waals surface area contributed by atoms with Crippen molar-refractivity contribution in [3.8, 4) is 5.75 Å². The molecule has 0 aliphatic heterocycles. The fraction of sp³-hybridized carbons (Fsp3) is 0.625. The Morgan fingerprint density at radius 2 is 2.00 bits per heavy atom. The number of methoxy groups -OCH3 is 1. The molecule has 98 valence electrons. The van der Waals surface area contributed by atoms with Crippen LogP contribution in [0.4, 0.5) is 0 Å². The normalized spacial score (nSPS) is 29.7. The summed E-state index contributed by atoms with van der Waals surface area (Å²) in [6.07, 6.45) is 6.98. The van der Waals surface area contributed by atoms with Gasteiger partial charge in [0.15, 0.2) is 0 Å². The molecule has 2 bridgehead atoms. The highest BCUT2D eigenvalue weighted by Gasteiger charge is 2.38. The number of rotatable bonds is 5. The van der Waals surface area contributed by atoms with Crippen LogP contribution in [0, 0.1) is 11.8 Å². The smallest absolute Gasteiger partial charge is 0.118 e. The summed E-state index contributed by atoms with van der Waals surface area (Å²) >= 11 is 0. The Bertz CT molecular complexity index is 387. The van der Waals surface area contributed by atoms with Gasteiger partial charge in [0.25, 0.3) is 0 Å². The fourth-order valence-electron chi connectivity index (χ4n) is 3.69. The van der Waals surface area contributed by atoms with E-state index in [0.717, 1.165) is 36.6 Å². The van der Waals surface area contributed by atoms with Crippen molar-refractivity contribution >= 4 is 0 Å². The first kappa shape index (κ1) is 12.0. The Labute approximate surface area is 110 Å². The van der Waals surface area contributed by atoms with Gasteiger partial charge in [-0.15, -0.1) is 0 Å². The third-order valence-corrected chi connectivity index (χ3v) is 4.72. The summed E-state index contributed by atoms with van der Waals surface area (Å²) in [6.45, 7) is 1.11. The van der Waals surface area contributed by atoms with Crippen molar-refractivity contribution in [1.29, 1.82) is 0 Å². The predicted molar refractivity (Wildman–Crippen MR) is 73.9 cm³/mol. The summed E-state index contributed by atoms with van der Waals surface area (Å²) in [5, 5.41) is 3.76. The average Bonchev–Trinajstić information content (AvgIpc) is 3.02. The van der Waals surface area contributed by atoms with Crippen molar-refractivity contribution in [3.63, 3.8) is 0 Å². The molecule has 0 radical (unpaired) electrons. The number of ether oxygens (including phenoxy) is 1. The highest BCUT2D eigenvalue weighted by Crippen LogP contribution is 2.44. The van der Waals surface area contributed by atoms with Gasteiger partial charge in [-0.2, -0.15) is 0 Å². The van der Waals surface area contributed by atoms with Crippen LogP contribution in [0.25, 0.3) is 0 Å². The van der Waals surface area contributed by atoms with Gasteiger partial charge in [0.05, 0.1) is 7.11 Å². The van der Waals surface area contributed by atoms with Crippen LogP contribution in [0.3, 0.4) is 0 Å². The minimum atomic E-state index is 0.807. The lowest BCUT2D eigenvalue weighted by molar-refractivity contribution is 0.354. The second-order valence-corrected chi connectivity index (χ2v) is 5.83. The Balaban J connectivity index is 1.44. The summed E-state index contributed by atoms with van der Waals surface area (Å²) in [4.78, 5) is 0. The largest absolute Gasteiger partial charge is 0.497 e. The maximum atomic E-state index is 5.17. The molecule has 18 heavy (non-hydrogen) atoms. The van der Waals surface area contributed by atoms with Gasteiger partial charge in [0, 0.05) is 6.04 Å². The zero-order valence-electron chi connectivity index (χ0n) is 11.2. The zero-order valence-corrected chi connectivity index (χ0v) is 11.2. The summed E-state index contributed by atoms with van der Waals surface area (Å²) in [5.74, 6) is 2.96. The van der Waals surface area contributed by atoms with Crippen molar-refractivity contribution < 1.29 is 4.74 Å². The lowest BCUT2D eigenvalue weighted by atomic mass is 9.95. The molecule has 2 saturated carbocycles. The average molecular weight is 245 g/mol. The third kappa shape index (κ3) is 2.54. The van der Waals surface area contributed by atoms with Crippen LogP contribution in [-0.4, -0.2) is 19.7 Å². The molecule has 2 aliphatic rings. The molecule has 2 nitrogen and oxygen atoms in total. The molecule has 0 unspecified atom stereocenters. The van der Waals surface area contributed by atoms with Gasteiger partial charge in [0.2, 0.25) is 0 Å². The van der Waals surface area contributed by atoms with Gasteiger partial charge in [-0.25, -0.2) is 0 Å². The van der Waals surface area contributed by atoms with Crippen LogP contribution in [-0.2, 0) is 6.42 Å². The van der Waals surface area contributed by atoms with Gasteiger partial charge in [-0.1, -0.05) is 18.6 Å². The maximum absolute atomic E-state index is 5.17. The number of hydrogen-bond donors (Lipinski definition) is 1. The van der Waals surface area contributed by atoms with Crippen LogP contribution in [0.2, 0.25) is 0 Å². The molecule has 2 fully saturated rings. The molecule has 2 heteroatoms. The number of nitrogens with one attached hydrogen (secondary N) is 1. The van der Waals surface area contributed by atoms with E-state index in [0.29, 0.717) is 0 Å². The van der Waals surface area contributed by atoms with E-state index in [2.05, 4.69) is 17.4 Å². The second-order valence-electron chi connectivity index (χ2n) is 5.83. The predicted octanol–water partition coefficient (Wildman–Crippen LogP) is 3.02. The molecular weight excluding hydrogens is 222 g/mol. The fourth-order valence-corrected chi connectivity index (χ4v) is 3.69. The lowest BCUT2D eigenvalue weighted by Gasteiger charge is -2.22. The zero-order chi connectivity index (χ0) is 12.4. The van der Waals surface area contributed by atoms with Gasteiger partial charge >= 0.3 is 0 Å². The van der Waals surface area contributed by atoms with Gasteiger partial charge in [-0.3, -0.25) is 0 Å². The molecule has 0 saturated heterocycles. The summed E-state index contributed by atoms with van der Waals surface area (Å²) < 4.78 is 5.17. The summed E-state index contributed by atoms with van der Waals surface area (Å²) in [7, 11) is 1.71. The quantitative estimate of drug-likeness (QED) is 0.861. The monoisotopic (exact) mass is 245 g/mol. The van der Waals surface area contributed by atoms with E-state index in [-0.39, 0.29) is 0 Å². The number of fused-ring (bicyclic) bond motifs is 2.